The third-order valence-corrected chi connectivity index (χ3v) is 4.84. The van der Waals surface area contributed by atoms with E-state index in [0.29, 0.717) is 29.5 Å². The zero-order valence-electron chi connectivity index (χ0n) is 16.7. The van der Waals surface area contributed by atoms with E-state index in [2.05, 4.69) is 4.90 Å². The molecule has 1 aliphatic heterocycles. The molecule has 0 spiro atoms. The molecule has 1 heterocycles. The van der Waals surface area contributed by atoms with Crippen LogP contribution in [0.5, 0.6) is 17.2 Å². The van der Waals surface area contributed by atoms with Gasteiger partial charge in [0.25, 0.3) is 0 Å². The van der Waals surface area contributed by atoms with Crippen LogP contribution < -0.4 is 19.1 Å². The van der Waals surface area contributed by atoms with Crippen molar-refractivity contribution in [3.8, 4) is 17.2 Å². The molecule has 160 valence electrons. The van der Waals surface area contributed by atoms with Crippen molar-refractivity contribution in [1.82, 2.24) is 4.90 Å². The number of β-amino-alcohol motifs (C(OH)–C–C–N with tert-alkyl or cyclic N) is 1. The molecule has 0 aliphatic carbocycles. The fourth-order valence-electron chi connectivity index (χ4n) is 3.37. The lowest BCUT2D eigenvalue weighted by Crippen LogP contribution is -2.49. The highest BCUT2D eigenvalue weighted by Crippen LogP contribution is 2.36. The van der Waals surface area contributed by atoms with Crippen LogP contribution in [0.4, 0.5) is 10.1 Å². The van der Waals surface area contributed by atoms with Gasteiger partial charge in [-0.15, -0.1) is 12.4 Å². The van der Waals surface area contributed by atoms with Gasteiger partial charge in [0.05, 0.1) is 19.9 Å². The SMILES string of the molecule is COc1cccc(OC)c1OCC(O)CN1CCN(c2ccccc2F)CC1.Cl. The Balaban J connectivity index is 0.00000300. The number of hydrogen-bond donors (Lipinski definition) is 1. The van der Waals surface area contributed by atoms with Crippen molar-refractivity contribution >= 4 is 18.1 Å². The number of halogens is 2. The Bertz CT molecular complexity index is 750. The molecule has 0 amide bonds. The zero-order chi connectivity index (χ0) is 19.9. The summed E-state index contributed by atoms with van der Waals surface area (Å²) >= 11 is 0. The third kappa shape index (κ3) is 5.88. The number of aliphatic hydroxyl groups is 1. The number of anilines is 1. The van der Waals surface area contributed by atoms with Gasteiger partial charge < -0.3 is 24.2 Å². The minimum Gasteiger partial charge on any atom is -0.493 e. The van der Waals surface area contributed by atoms with Crippen LogP contribution in [0.25, 0.3) is 0 Å². The number of nitrogens with zero attached hydrogens (tertiary/aromatic N) is 2. The number of ether oxygens (including phenoxy) is 3. The van der Waals surface area contributed by atoms with E-state index < -0.39 is 6.10 Å². The smallest absolute Gasteiger partial charge is 0.203 e. The summed E-state index contributed by atoms with van der Waals surface area (Å²) in [5.41, 5.74) is 0.634. The van der Waals surface area contributed by atoms with Crippen molar-refractivity contribution in [2.24, 2.45) is 0 Å². The van der Waals surface area contributed by atoms with Crippen LogP contribution in [0.1, 0.15) is 0 Å². The van der Waals surface area contributed by atoms with Gasteiger partial charge in [-0.3, -0.25) is 4.90 Å². The van der Waals surface area contributed by atoms with Crippen molar-refractivity contribution in [1.29, 1.82) is 0 Å². The van der Waals surface area contributed by atoms with Gasteiger partial charge in [0.15, 0.2) is 11.5 Å². The summed E-state index contributed by atoms with van der Waals surface area (Å²) in [7, 11) is 3.13. The molecule has 1 saturated heterocycles. The average molecular weight is 427 g/mol. The largest absolute Gasteiger partial charge is 0.493 e. The summed E-state index contributed by atoms with van der Waals surface area (Å²) in [6, 6.07) is 12.2. The van der Waals surface area contributed by atoms with E-state index in [1.165, 1.54) is 6.07 Å². The van der Waals surface area contributed by atoms with E-state index in [4.69, 9.17) is 14.2 Å². The van der Waals surface area contributed by atoms with Crippen LogP contribution in [0.15, 0.2) is 42.5 Å². The van der Waals surface area contributed by atoms with E-state index >= 15 is 0 Å². The number of hydrogen-bond acceptors (Lipinski definition) is 6. The van der Waals surface area contributed by atoms with Gasteiger partial charge in [0, 0.05) is 32.7 Å². The predicted octanol–water partition coefficient (Wildman–Crippen LogP) is 2.83. The molecule has 1 unspecified atom stereocenters. The summed E-state index contributed by atoms with van der Waals surface area (Å²) in [6.45, 7) is 3.56. The van der Waals surface area contributed by atoms with Gasteiger partial charge in [-0.25, -0.2) is 4.39 Å². The Morgan fingerprint density at radius 2 is 1.59 bits per heavy atom. The molecule has 2 aromatic rings. The van der Waals surface area contributed by atoms with Gasteiger partial charge in [-0.1, -0.05) is 18.2 Å². The first-order valence-corrected chi connectivity index (χ1v) is 9.36. The maximum Gasteiger partial charge on any atom is 0.203 e. The van der Waals surface area contributed by atoms with E-state index in [1.807, 2.05) is 17.0 Å². The maximum absolute atomic E-state index is 13.9. The molecule has 0 radical (unpaired) electrons. The molecule has 0 saturated carbocycles. The summed E-state index contributed by atoms with van der Waals surface area (Å²) < 4.78 is 30.3. The summed E-state index contributed by atoms with van der Waals surface area (Å²) in [4.78, 5) is 4.19. The second kappa shape index (κ2) is 11.1. The molecule has 1 aliphatic rings. The minimum absolute atomic E-state index is 0. The van der Waals surface area contributed by atoms with Crippen LogP contribution in [0.3, 0.4) is 0 Å². The lowest BCUT2D eigenvalue weighted by Gasteiger charge is -2.37. The molecular weight excluding hydrogens is 399 g/mol. The molecule has 1 N–H and O–H groups in total. The highest BCUT2D eigenvalue weighted by atomic mass is 35.5. The predicted molar refractivity (Wildman–Crippen MR) is 113 cm³/mol. The third-order valence-electron chi connectivity index (χ3n) is 4.84. The molecule has 0 bridgehead atoms. The summed E-state index contributed by atoms with van der Waals surface area (Å²) in [6.07, 6.45) is -0.658. The van der Waals surface area contributed by atoms with E-state index in [9.17, 15) is 9.50 Å². The minimum atomic E-state index is -0.658. The molecule has 2 aromatic carbocycles. The number of methoxy groups -OCH3 is 2. The molecule has 29 heavy (non-hydrogen) atoms. The lowest BCUT2D eigenvalue weighted by molar-refractivity contribution is 0.0642. The summed E-state index contributed by atoms with van der Waals surface area (Å²) in [5.74, 6) is 1.40. The molecule has 1 atom stereocenters. The Kier molecular flexibility index (Phi) is 8.82. The fourth-order valence-corrected chi connectivity index (χ4v) is 3.37. The van der Waals surface area contributed by atoms with E-state index in [-0.39, 0.29) is 24.8 Å². The molecule has 3 rings (SSSR count). The second-order valence-electron chi connectivity index (χ2n) is 6.70. The van der Waals surface area contributed by atoms with Gasteiger partial charge in [-0.05, 0) is 24.3 Å². The Morgan fingerprint density at radius 3 is 2.17 bits per heavy atom. The van der Waals surface area contributed by atoms with E-state index in [1.54, 1.807) is 38.5 Å². The average Bonchev–Trinajstić information content (AvgIpc) is 2.73. The number of aliphatic hydroxyl groups excluding tert-OH is 1. The van der Waals surface area contributed by atoms with Gasteiger partial charge in [0.1, 0.15) is 18.5 Å². The van der Waals surface area contributed by atoms with Gasteiger partial charge in [0.2, 0.25) is 5.75 Å². The normalized spacial score (nSPS) is 15.4. The van der Waals surface area contributed by atoms with Gasteiger partial charge >= 0.3 is 0 Å². The lowest BCUT2D eigenvalue weighted by atomic mass is 10.2. The molecule has 0 aromatic heterocycles. The fraction of sp³-hybridized carbons (Fsp3) is 0.429. The molecule has 6 nitrogen and oxygen atoms in total. The second-order valence-corrected chi connectivity index (χ2v) is 6.70. The van der Waals surface area contributed by atoms with Crippen molar-refractivity contribution in [2.45, 2.75) is 6.10 Å². The van der Waals surface area contributed by atoms with Crippen LogP contribution in [-0.2, 0) is 0 Å². The van der Waals surface area contributed by atoms with Gasteiger partial charge in [-0.2, -0.15) is 0 Å². The first-order chi connectivity index (χ1) is 13.6. The van der Waals surface area contributed by atoms with Crippen molar-refractivity contribution in [3.05, 3.63) is 48.3 Å². The number of rotatable bonds is 8. The number of para-hydroxylation sites is 2. The first-order valence-electron chi connectivity index (χ1n) is 9.36. The molecule has 8 heteroatoms. The topological polar surface area (TPSA) is 54.4 Å². The van der Waals surface area contributed by atoms with Crippen LogP contribution >= 0.6 is 12.4 Å². The van der Waals surface area contributed by atoms with Crippen molar-refractivity contribution in [2.75, 3.05) is 58.5 Å². The van der Waals surface area contributed by atoms with Crippen molar-refractivity contribution in [3.63, 3.8) is 0 Å². The summed E-state index contributed by atoms with van der Waals surface area (Å²) in [5, 5.41) is 10.4. The molecular formula is C21H28ClFN2O4. The van der Waals surface area contributed by atoms with Crippen LogP contribution in [0, 0.1) is 5.82 Å². The number of piperazine rings is 1. The van der Waals surface area contributed by atoms with Crippen LogP contribution in [0.2, 0.25) is 0 Å². The Labute approximate surface area is 177 Å². The maximum atomic E-state index is 13.9. The quantitative estimate of drug-likeness (QED) is 0.700. The highest BCUT2D eigenvalue weighted by Gasteiger charge is 2.22. The highest BCUT2D eigenvalue weighted by molar-refractivity contribution is 5.85. The Morgan fingerprint density at radius 1 is 0.966 bits per heavy atom. The van der Waals surface area contributed by atoms with Crippen LogP contribution in [-0.4, -0.2) is 69.7 Å². The van der Waals surface area contributed by atoms with E-state index in [0.717, 1.165) is 26.2 Å². The number of benzene rings is 2. The monoisotopic (exact) mass is 426 g/mol. The standard InChI is InChI=1S/C21H27FN2O4.ClH/c1-26-19-8-5-9-20(27-2)21(19)28-15-16(25)14-23-10-12-24(13-11-23)18-7-4-3-6-17(18)22;/h3-9,16,25H,10-15H2,1-2H3;1H. The molecule has 1 fully saturated rings. The first kappa shape index (κ1) is 23.1. The zero-order valence-corrected chi connectivity index (χ0v) is 17.5. The van der Waals surface area contributed by atoms with Crippen molar-refractivity contribution < 1.29 is 23.7 Å². The Hall–Kier alpha value is -2.22.